The van der Waals surface area contributed by atoms with Gasteiger partial charge in [-0.25, -0.2) is 0 Å². The van der Waals surface area contributed by atoms with Crippen LogP contribution in [-0.2, 0) is 16.1 Å². The minimum atomic E-state index is -0.663. The Balaban J connectivity index is 1.70. The molecule has 0 fully saturated rings. The first-order chi connectivity index (χ1) is 18.4. The highest BCUT2D eigenvalue weighted by atomic mass is 16.5. The zero-order chi connectivity index (χ0) is 27.3. The minimum Gasteiger partial charge on any atom is -0.497 e. The maximum atomic E-state index is 13.8. The number of benzene rings is 3. The maximum absolute atomic E-state index is 13.8. The summed E-state index contributed by atoms with van der Waals surface area (Å²) in [4.78, 5) is 28.5. The van der Waals surface area contributed by atoms with Crippen molar-refractivity contribution in [2.24, 2.45) is 5.92 Å². The number of carbonyl (C=O) groups is 2. The highest BCUT2D eigenvalue weighted by Gasteiger charge is 2.27. The van der Waals surface area contributed by atoms with E-state index < -0.39 is 6.04 Å². The molecule has 3 aromatic carbocycles. The van der Waals surface area contributed by atoms with Crippen LogP contribution in [-0.4, -0.2) is 49.7 Å². The number of rotatable bonds is 14. The Labute approximate surface area is 226 Å². The molecule has 2 amide bonds. The molecule has 0 aliphatic carbocycles. The molecule has 0 bridgehead atoms. The van der Waals surface area contributed by atoms with Gasteiger partial charge in [0, 0.05) is 24.3 Å². The molecular formula is C31H39N3O4. The first kappa shape index (κ1) is 28.7. The summed E-state index contributed by atoms with van der Waals surface area (Å²) in [6.07, 6.45) is 0.525. The van der Waals surface area contributed by atoms with Crippen molar-refractivity contribution in [2.45, 2.75) is 39.8 Å². The van der Waals surface area contributed by atoms with E-state index in [1.54, 1.807) is 18.1 Å². The number of carbonyl (C=O) groups excluding carboxylic acids is 2. The van der Waals surface area contributed by atoms with Gasteiger partial charge in [-0.1, -0.05) is 61.9 Å². The van der Waals surface area contributed by atoms with Crippen LogP contribution in [0.3, 0.4) is 0 Å². The van der Waals surface area contributed by atoms with E-state index in [0.717, 1.165) is 22.6 Å². The number of hydrogen-bond acceptors (Lipinski definition) is 5. The molecule has 0 aliphatic heterocycles. The standard InChI is InChI=1S/C31H39N3O4/c1-23(2)19-29(33-30(35)26-12-8-9-24(3)20-26)31(36)34(22-38-21-25-10-6-5-7-11-25)18-17-32-27-13-15-28(37-4)16-14-27/h5-16,20,23,29,32H,17-19,21-22H2,1-4H3,(H,33,35)/t29-/m0/s1. The summed E-state index contributed by atoms with van der Waals surface area (Å²) in [5.41, 5.74) is 3.49. The van der Waals surface area contributed by atoms with Crippen LogP contribution in [0.2, 0.25) is 0 Å². The van der Waals surface area contributed by atoms with E-state index in [-0.39, 0.29) is 24.5 Å². The number of amides is 2. The predicted octanol–water partition coefficient (Wildman–Crippen LogP) is 5.26. The Bertz CT molecular complexity index is 1150. The van der Waals surface area contributed by atoms with Gasteiger partial charge >= 0.3 is 0 Å². The molecule has 7 nitrogen and oxygen atoms in total. The number of aryl methyl sites for hydroxylation is 1. The highest BCUT2D eigenvalue weighted by molar-refractivity contribution is 5.97. The van der Waals surface area contributed by atoms with Gasteiger partial charge in [-0.05, 0) is 61.2 Å². The van der Waals surface area contributed by atoms with Crippen LogP contribution < -0.4 is 15.4 Å². The molecule has 3 aromatic rings. The SMILES string of the molecule is COc1ccc(NCCN(COCc2ccccc2)C(=O)[C@H](CC(C)C)NC(=O)c2cccc(C)c2)cc1. The van der Waals surface area contributed by atoms with Crippen molar-refractivity contribution in [2.75, 3.05) is 32.2 Å². The molecule has 202 valence electrons. The molecular weight excluding hydrogens is 478 g/mol. The lowest BCUT2D eigenvalue weighted by molar-refractivity contribution is -0.139. The fourth-order valence-corrected chi connectivity index (χ4v) is 4.07. The third kappa shape index (κ3) is 9.23. The lowest BCUT2D eigenvalue weighted by Gasteiger charge is -2.29. The summed E-state index contributed by atoms with van der Waals surface area (Å²) in [6, 6.07) is 24.2. The van der Waals surface area contributed by atoms with Gasteiger partial charge in [0.15, 0.2) is 0 Å². The van der Waals surface area contributed by atoms with Crippen LogP contribution in [0.5, 0.6) is 5.75 Å². The fourth-order valence-electron chi connectivity index (χ4n) is 4.07. The Hall–Kier alpha value is -3.84. The summed E-state index contributed by atoms with van der Waals surface area (Å²) in [5.74, 6) is 0.576. The van der Waals surface area contributed by atoms with Gasteiger partial charge in [0.25, 0.3) is 5.91 Å². The van der Waals surface area contributed by atoms with Gasteiger partial charge in [-0.3, -0.25) is 9.59 Å². The maximum Gasteiger partial charge on any atom is 0.251 e. The topological polar surface area (TPSA) is 79.9 Å². The fraction of sp³-hybridized carbons (Fsp3) is 0.355. The molecule has 3 rings (SSSR count). The molecule has 2 N–H and O–H groups in total. The van der Waals surface area contributed by atoms with Gasteiger partial charge in [0.2, 0.25) is 5.91 Å². The quantitative estimate of drug-likeness (QED) is 0.285. The smallest absolute Gasteiger partial charge is 0.251 e. The van der Waals surface area contributed by atoms with Gasteiger partial charge in [-0.15, -0.1) is 0 Å². The molecule has 7 heteroatoms. The number of anilines is 1. The summed E-state index contributed by atoms with van der Waals surface area (Å²) in [6.45, 7) is 7.46. The van der Waals surface area contributed by atoms with E-state index in [9.17, 15) is 9.59 Å². The van der Waals surface area contributed by atoms with E-state index >= 15 is 0 Å². The van der Waals surface area contributed by atoms with Crippen LogP contribution in [0.1, 0.15) is 41.8 Å². The molecule has 38 heavy (non-hydrogen) atoms. The van der Waals surface area contributed by atoms with E-state index in [1.807, 2.05) is 93.6 Å². The lowest BCUT2D eigenvalue weighted by Crippen LogP contribution is -2.50. The zero-order valence-corrected chi connectivity index (χ0v) is 22.8. The van der Waals surface area contributed by atoms with Gasteiger partial charge in [-0.2, -0.15) is 0 Å². The molecule has 0 spiro atoms. The monoisotopic (exact) mass is 517 g/mol. The van der Waals surface area contributed by atoms with E-state index in [0.29, 0.717) is 31.7 Å². The molecule has 0 heterocycles. The van der Waals surface area contributed by atoms with E-state index in [1.165, 1.54) is 0 Å². The highest BCUT2D eigenvalue weighted by Crippen LogP contribution is 2.15. The lowest BCUT2D eigenvalue weighted by atomic mass is 10.0. The van der Waals surface area contributed by atoms with Crippen LogP contribution in [0.25, 0.3) is 0 Å². The van der Waals surface area contributed by atoms with Crippen molar-refractivity contribution < 1.29 is 19.1 Å². The first-order valence-corrected chi connectivity index (χ1v) is 13.0. The molecule has 0 aromatic heterocycles. The third-order valence-electron chi connectivity index (χ3n) is 6.06. The third-order valence-corrected chi connectivity index (χ3v) is 6.06. The molecule has 1 atom stereocenters. The van der Waals surface area contributed by atoms with Crippen molar-refractivity contribution in [3.8, 4) is 5.75 Å². The van der Waals surface area contributed by atoms with Crippen LogP contribution in [0.15, 0.2) is 78.9 Å². The van der Waals surface area contributed by atoms with Crippen molar-refractivity contribution in [1.82, 2.24) is 10.2 Å². The van der Waals surface area contributed by atoms with E-state index in [2.05, 4.69) is 10.6 Å². The predicted molar refractivity (Wildman–Crippen MR) is 151 cm³/mol. The second-order valence-corrected chi connectivity index (χ2v) is 9.75. The number of methoxy groups -OCH3 is 1. The summed E-state index contributed by atoms with van der Waals surface area (Å²) < 4.78 is 11.2. The van der Waals surface area contributed by atoms with Crippen LogP contribution in [0, 0.1) is 12.8 Å². The van der Waals surface area contributed by atoms with Crippen molar-refractivity contribution >= 4 is 17.5 Å². The summed E-state index contributed by atoms with van der Waals surface area (Å²) >= 11 is 0. The second-order valence-electron chi connectivity index (χ2n) is 9.75. The van der Waals surface area contributed by atoms with Crippen molar-refractivity contribution in [3.05, 3.63) is 95.6 Å². The Kier molecular flexibility index (Phi) is 11.2. The molecule has 0 saturated carbocycles. The second kappa shape index (κ2) is 14.8. The Morgan fingerprint density at radius 3 is 2.34 bits per heavy atom. The van der Waals surface area contributed by atoms with Gasteiger partial charge in [0.1, 0.15) is 18.5 Å². The van der Waals surface area contributed by atoms with Crippen LogP contribution >= 0.6 is 0 Å². The number of hydrogen-bond donors (Lipinski definition) is 2. The normalized spacial score (nSPS) is 11.6. The Morgan fingerprint density at radius 1 is 0.947 bits per heavy atom. The first-order valence-electron chi connectivity index (χ1n) is 13.0. The van der Waals surface area contributed by atoms with Gasteiger partial charge < -0.3 is 25.0 Å². The van der Waals surface area contributed by atoms with Crippen LogP contribution in [0.4, 0.5) is 5.69 Å². The minimum absolute atomic E-state index is 0.118. The summed E-state index contributed by atoms with van der Waals surface area (Å²) in [7, 11) is 1.63. The number of nitrogens with zero attached hydrogens (tertiary/aromatic N) is 1. The number of nitrogens with one attached hydrogen (secondary N) is 2. The average molecular weight is 518 g/mol. The molecule has 0 aliphatic rings. The largest absolute Gasteiger partial charge is 0.497 e. The molecule has 0 saturated heterocycles. The van der Waals surface area contributed by atoms with Gasteiger partial charge in [0.05, 0.1) is 13.7 Å². The van der Waals surface area contributed by atoms with E-state index in [4.69, 9.17) is 9.47 Å². The molecule has 0 radical (unpaired) electrons. The average Bonchev–Trinajstić information content (AvgIpc) is 2.92. The van der Waals surface area contributed by atoms with Crippen molar-refractivity contribution in [1.29, 1.82) is 0 Å². The zero-order valence-electron chi connectivity index (χ0n) is 22.8. The number of ether oxygens (including phenoxy) is 2. The van der Waals surface area contributed by atoms with Crippen molar-refractivity contribution in [3.63, 3.8) is 0 Å². The molecule has 0 unspecified atom stereocenters. The Morgan fingerprint density at radius 2 is 1.68 bits per heavy atom. The summed E-state index contributed by atoms with van der Waals surface area (Å²) in [5, 5.41) is 6.33.